The molecule has 0 spiro atoms. The van der Waals surface area contributed by atoms with Crippen LogP contribution in [0, 0.1) is 11.3 Å². The summed E-state index contributed by atoms with van der Waals surface area (Å²) in [6.45, 7) is 29.4. The molecule has 0 heterocycles. The average molecular weight is 777 g/mol. The summed E-state index contributed by atoms with van der Waals surface area (Å²) in [6.07, 6.45) is 20.8. The molecule has 0 saturated carbocycles. The zero-order valence-electron chi connectivity index (χ0n) is 32.7. The number of fused-ring (bicyclic) bond motifs is 5. The largest absolute Gasteiger partial charge is 1.00 e. The van der Waals surface area contributed by atoms with E-state index in [0.717, 1.165) is 12.8 Å². The first-order valence-electron chi connectivity index (χ1n) is 19.0. The summed E-state index contributed by atoms with van der Waals surface area (Å²) in [6, 6.07) is 10.4. The van der Waals surface area contributed by atoms with E-state index in [1.54, 1.807) is 22.3 Å². The van der Waals surface area contributed by atoms with Crippen molar-refractivity contribution in [3.8, 4) is 11.1 Å². The minimum atomic E-state index is -2.34. The third-order valence-electron chi connectivity index (χ3n) is 12.3. The van der Waals surface area contributed by atoms with Gasteiger partial charge in [0.05, 0.1) is 0 Å². The van der Waals surface area contributed by atoms with Crippen LogP contribution in [0.15, 0.2) is 57.4 Å². The Labute approximate surface area is 320 Å². The predicted molar refractivity (Wildman–Crippen MR) is 205 cm³/mol. The van der Waals surface area contributed by atoms with Gasteiger partial charge < -0.3 is 24.8 Å². The first kappa shape index (κ1) is 40.5. The van der Waals surface area contributed by atoms with Crippen LogP contribution in [-0.2, 0) is 38.5 Å². The van der Waals surface area contributed by atoms with Gasteiger partial charge in [0.2, 0.25) is 0 Å². The van der Waals surface area contributed by atoms with Gasteiger partial charge in [-0.2, -0.15) is 0 Å². The van der Waals surface area contributed by atoms with E-state index in [0.29, 0.717) is 9.54 Å². The average Bonchev–Trinajstić information content (AvgIpc) is 3.57. The molecule has 0 amide bonds. The van der Waals surface area contributed by atoms with Gasteiger partial charge in [-0.25, -0.2) is 0 Å². The van der Waals surface area contributed by atoms with E-state index >= 15 is 0 Å². The Morgan fingerprint density at radius 3 is 1.86 bits per heavy atom. The van der Waals surface area contributed by atoms with Crippen molar-refractivity contribution in [2.75, 3.05) is 0 Å². The van der Waals surface area contributed by atoms with Crippen molar-refractivity contribution < 1.29 is 46.1 Å². The number of halogens is 2. The Hall–Kier alpha value is -1.27. The molecule has 264 valence electrons. The smallest absolute Gasteiger partial charge is 1.00 e. The fourth-order valence-corrected chi connectivity index (χ4v) is 19.6. The van der Waals surface area contributed by atoms with Crippen LogP contribution in [0.5, 0.6) is 0 Å². The van der Waals surface area contributed by atoms with Crippen molar-refractivity contribution in [2.24, 2.45) is 11.3 Å². The van der Waals surface area contributed by atoms with Crippen molar-refractivity contribution in [2.45, 2.75) is 149 Å². The molecule has 0 radical (unpaired) electrons. The van der Waals surface area contributed by atoms with E-state index in [-0.39, 0.29) is 41.1 Å². The maximum absolute atomic E-state index is 2.81. The van der Waals surface area contributed by atoms with Gasteiger partial charge in [-0.3, -0.25) is 0 Å². The van der Waals surface area contributed by atoms with Gasteiger partial charge >= 0.3 is 298 Å². The molecular formula is C46H62Cl2Zr. The van der Waals surface area contributed by atoms with Crippen molar-refractivity contribution in [3.05, 3.63) is 90.8 Å². The van der Waals surface area contributed by atoms with Gasteiger partial charge in [-0.15, -0.1) is 0 Å². The second-order valence-electron chi connectivity index (χ2n) is 17.8. The van der Waals surface area contributed by atoms with E-state index in [9.17, 15) is 0 Å². The second kappa shape index (κ2) is 15.0. The Bertz CT molecular complexity index is 1750. The molecule has 2 unspecified atom stereocenters. The molecule has 0 saturated heterocycles. The standard InChI is InChI=1S/C27H29.C10H15.C9H18.2ClH.Zr/c1-16-7-9-26(3,4)24-12-18-11-19-13-25-21(17(2)8-10-27(25,5)6)15-23(19)22(18)14-20(16)24;1-8-5-6-9(7-8)10(2,3)4;1-3-5-7-9-8-6-4-2;;;/h7-9,12-15H,10-11H2,1-6H3;6-8H,1-4H3;3-8H2,1-2H3;2*1H;/q;;;;;+2/p-2. The molecular weight excluding hydrogens is 715 g/mol. The summed E-state index contributed by atoms with van der Waals surface area (Å²) >= 11 is -2.34. The van der Waals surface area contributed by atoms with Gasteiger partial charge in [0.15, 0.2) is 0 Å². The third kappa shape index (κ3) is 7.36. The molecule has 0 aliphatic heterocycles. The summed E-state index contributed by atoms with van der Waals surface area (Å²) in [5.41, 5.74) is 17.3. The molecule has 2 aromatic rings. The molecule has 0 fully saturated rings. The summed E-state index contributed by atoms with van der Waals surface area (Å²) in [7, 11) is 0. The minimum Gasteiger partial charge on any atom is -1.00 e. The third-order valence-corrected chi connectivity index (χ3v) is 22.1. The number of allylic oxidation sites excluding steroid dienone is 8. The number of benzene rings is 2. The maximum atomic E-state index is 2.81. The van der Waals surface area contributed by atoms with Gasteiger partial charge in [0, 0.05) is 0 Å². The van der Waals surface area contributed by atoms with Crippen molar-refractivity contribution >= 4 is 14.4 Å². The quantitative estimate of drug-likeness (QED) is 0.222. The maximum Gasteiger partial charge on any atom is -1.00 e. The van der Waals surface area contributed by atoms with E-state index in [1.165, 1.54) is 77.5 Å². The molecule has 49 heavy (non-hydrogen) atoms. The fourth-order valence-electron chi connectivity index (χ4n) is 9.10. The van der Waals surface area contributed by atoms with Crippen molar-refractivity contribution in [1.82, 2.24) is 0 Å². The van der Waals surface area contributed by atoms with Gasteiger partial charge in [0.1, 0.15) is 0 Å². The first-order chi connectivity index (χ1) is 22.1. The molecule has 3 heteroatoms. The molecule has 2 aromatic carbocycles. The molecule has 0 aromatic heterocycles. The summed E-state index contributed by atoms with van der Waals surface area (Å²) < 4.78 is 4.52. The van der Waals surface area contributed by atoms with Crippen molar-refractivity contribution in [3.63, 3.8) is 0 Å². The Kier molecular flexibility index (Phi) is 12.4. The summed E-state index contributed by atoms with van der Waals surface area (Å²) in [5.74, 6) is 0.574. The van der Waals surface area contributed by atoms with E-state index in [2.05, 4.69) is 132 Å². The van der Waals surface area contributed by atoms with Crippen LogP contribution >= 0.6 is 0 Å². The van der Waals surface area contributed by atoms with E-state index in [4.69, 9.17) is 0 Å². The van der Waals surface area contributed by atoms with Crippen LogP contribution < -0.4 is 24.8 Å². The van der Waals surface area contributed by atoms with E-state index < -0.39 is 21.3 Å². The molecule has 0 nitrogen and oxygen atoms in total. The summed E-state index contributed by atoms with van der Waals surface area (Å²) in [4.78, 5) is 0. The van der Waals surface area contributed by atoms with Crippen LogP contribution in [0.2, 0.25) is 3.63 Å². The zero-order valence-corrected chi connectivity index (χ0v) is 36.7. The fraction of sp³-hybridized carbons (Fsp3) is 0.543. The Morgan fingerprint density at radius 1 is 0.776 bits per heavy atom. The first-order valence-corrected chi connectivity index (χ1v) is 22.8. The van der Waals surface area contributed by atoms with Gasteiger partial charge in [0.25, 0.3) is 0 Å². The second-order valence-corrected chi connectivity index (χ2v) is 24.5. The molecule has 2 atom stereocenters. The normalized spacial score (nSPS) is 20.9. The molecule has 0 bridgehead atoms. The molecule has 0 N–H and O–H groups in total. The predicted octanol–water partition coefficient (Wildman–Crippen LogP) is 7.51. The molecule has 4 aliphatic carbocycles. The van der Waals surface area contributed by atoms with Crippen LogP contribution in [-0.4, -0.2) is 3.21 Å². The molecule has 6 rings (SSSR count). The number of hydrogen-bond donors (Lipinski definition) is 0. The van der Waals surface area contributed by atoms with Crippen LogP contribution in [0.1, 0.15) is 161 Å². The molecule has 4 aliphatic rings. The van der Waals surface area contributed by atoms with Crippen LogP contribution in [0.3, 0.4) is 0 Å². The summed E-state index contributed by atoms with van der Waals surface area (Å²) in [5, 5.41) is 0. The monoisotopic (exact) mass is 774 g/mol. The van der Waals surface area contributed by atoms with Crippen LogP contribution in [0.4, 0.5) is 0 Å². The van der Waals surface area contributed by atoms with Crippen LogP contribution in [0.25, 0.3) is 22.3 Å². The van der Waals surface area contributed by atoms with Gasteiger partial charge in [-0.05, 0) is 0 Å². The topological polar surface area (TPSA) is 0 Å². The number of rotatable bonds is 8. The van der Waals surface area contributed by atoms with Gasteiger partial charge in [-0.1, -0.05) is 0 Å². The minimum absolute atomic E-state index is 0. The number of unbranched alkanes of at least 4 members (excludes halogenated alkanes) is 2. The SMILES string of the molecule is CCCC[C](CCCC)=[Zr+2]([C]1=CC(C(C)(C)C)=CC1C)[CH]1C=C(C)c2cc3c(cc2C1(C)C)Cc1cc2c(cc1-3)C(C)=CCC2(C)C.[Cl-].[Cl-]. The van der Waals surface area contributed by atoms with E-state index in [1.807, 2.05) is 6.49 Å². The van der Waals surface area contributed by atoms with Crippen molar-refractivity contribution in [1.29, 1.82) is 0 Å². The number of hydrogen-bond acceptors (Lipinski definition) is 0. The zero-order chi connectivity index (χ0) is 34.1. The Balaban J connectivity index is 0.00000270. The Morgan fingerprint density at radius 2 is 1.33 bits per heavy atom.